The Hall–Kier alpha value is -2.62. The number of hydrogen-bond donors (Lipinski definition) is 1. The number of nitrogens with one attached hydrogen (secondary N) is 1. The largest absolute Gasteiger partial charge is 0.475 e. The monoisotopic (exact) mass is 376 g/mol. The van der Waals surface area contributed by atoms with E-state index in [1.807, 2.05) is 45.0 Å². The summed E-state index contributed by atoms with van der Waals surface area (Å²) in [5.74, 6) is 0.750. The van der Waals surface area contributed by atoms with Crippen molar-refractivity contribution >= 4 is 11.8 Å². The third kappa shape index (κ3) is 3.21. The summed E-state index contributed by atoms with van der Waals surface area (Å²) in [6, 6.07) is 14.5. The molecule has 1 aliphatic heterocycles. The van der Waals surface area contributed by atoms with Crippen molar-refractivity contribution in [3.8, 4) is 11.1 Å². The van der Waals surface area contributed by atoms with Crippen molar-refractivity contribution in [1.82, 2.24) is 5.32 Å². The summed E-state index contributed by atoms with van der Waals surface area (Å²) >= 11 is 0. The van der Waals surface area contributed by atoms with Crippen molar-refractivity contribution in [2.24, 2.45) is 10.9 Å². The van der Waals surface area contributed by atoms with Crippen LogP contribution in [-0.2, 0) is 9.53 Å². The topological polar surface area (TPSA) is 50.7 Å². The van der Waals surface area contributed by atoms with Gasteiger partial charge in [-0.1, -0.05) is 50.2 Å². The predicted molar refractivity (Wildman–Crippen MR) is 113 cm³/mol. The third-order valence-electron chi connectivity index (χ3n) is 5.39. The highest BCUT2D eigenvalue weighted by molar-refractivity contribution is 6.05. The van der Waals surface area contributed by atoms with Gasteiger partial charge in [0.2, 0.25) is 11.8 Å². The van der Waals surface area contributed by atoms with E-state index in [-0.39, 0.29) is 23.4 Å². The molecule has 2 aliphatic rings. The highest BCUT2D eigenvalue weighted by atomic mass is 16.5. The van der Waals surface area contributed by atoms with Crippen LogP contribution in [0.5, 0.6) is 0 Å². The first kappa shape index (κ1) is 18.7. The van der Waals surface area contributed by atoms with Gasteiger partial charge in [-0.2, -0.15) is 0 Å². The fourth-order valence-electron chi connectivity index (χ4n) is 4.04. The normalized spacial score (nSPS) is 20.4. The number of aliphatic imine (C=N–C) groups is 1. The lowest BCUT2D eigenvalue weighted by molar-refractivity contribution is -0.123. The molecule has 28 heavy (non-hydrogen) atoms. The zero-order valence-electron chi connectivity index (χ0n) is 17.2. The minimum atomic E-state index is -0.356. The molecule has 1 N–H and O–H groups in total. The molecule has 1 aliphatic carbocycles. The summed E-state index contributed by atoms with van der Waals surface area (Å²) in [7, 11) is 0. The van der Waals surface area contributed by atoms with Crippen LogP contribution >= 0.6 is 0 Å². The molecule has 0 radical (unpaired) electrons. The standard InChI is InChI=1S/C24H28N2O2/c1-14(2)19-13-28-23(25-19)18-12-8-11-16-15-9-6-7-10-17(15)21(20(16)18)22(27)26-24(3,4)5/h6-12,14,19,21H,13H2,1-5H3,(H,26,27)/t19-,21?/m1/s1. The number of amides is 1. The van der Waals surface area contributed by atoms with Crippen molar-refractivity contribution in [3.63, 3.8) is 0 Å². The number of ether oxygens (including phenoxy) is 1. The summed E-state index contributed by atoms with van der Waals surface area (Å²) in [4.78, 5) is 18.2. The van der Waals surface area contributed by atoms with Crippen LogP contribution in [0.15, 0.2) is 47.5 Å². The van der Waals surface area contributed by atoms with E-state index in [9.17, 15) is 4.79 Å². The van der Waals surface area contributed by atoms with Crippen LogP contribution in [0, 0.1) is 5.92 Å². The minimum Gasteiger partial charge on any atom is -0.475 e. The van der Waals surface area contributed by atoms with E-state index in [1.54, 1.807) is 0 Å². The molecule has 4 rings (SSSR count). The Morgan fingerprint density at radius 3 is 2.43 bits per heavy atom. The smallest absolute Gasteiger partial charge is 0.232 e. The lowest BCUT2D eigenvalue weighted by Gasteiger charge is -2.24. The van der Waals surface area contributed by atoms with Gasteiger partial charge in [-0.25, -0.2) is 4.99 Å². The van der Waals surface area contributed by atoms with Gasteiger partial charge in [0.25, 0.3) is 0 Å². The van der Waals surface area contributed by atoms with E-state index in [1.165, 1.54) is 0 Å². The quantitative estimate of drug-likeness (QED) is 0.856. The first-order valence-corrected chi connectivity index (χ1v) is 10.0. The summed E-state index contributed by atoms with van der Waals surface area (Å²) in [5.41, 5.74) is 4.91. The number of hydrogen-bond acceptors (Lipinski definition) is 3. The molecule has 4 heteroatoms. The fraction of sp³-hybridized carbons (Fsp3) is 0.417. The zero-order valence-corrected chi connectivity index (χ0v) is 17.2. The Bertz CT molecular complexity index is 953. The van der Waals surface area contributed by atoms with Crippen molar-refractivity contribution in [1.29, 1.82) is 0 Å². The van der Waals surface area contributed by atoms with E-state index in [2.05, 4.69) is 37.4 Å². The summed E-state index contributed by atoms with van der Waals surface area (Å²) in [5, 5.41) is 3.17. The maximum Gasteiger partial charge on any atom is 0.232 e. The van der Waals surface area contributed by atoms with Crippen LogP contribution < -0.4 is 5.32 Å². The highest BCUT2D eigenvalue weighted by Gasteiger charge is 2.38. The van der Waals surface area contributed by atoms with Gasteiger partial charge < -0.3 is 10.1 Å². The molecule has 0 saturated heterocycles. The average molecular weight is 377 g/mol. The first-order chi connectivity index (χ1) is 13.3. The molecular formula is C24H28N2O2. The second-order valence-corrected chi connectivity index (χ2v) is 9.08. The molecule has 4 nitrogen and oxygen atoms in total. The minimum absolute atomic E-state index is 0.0187. The molecule has 2 aromatic rings. The third-order valence-corrected chi connectivity index (χ3v) is 5.39. The highest BCUT2D eigenvalue weighted by Crippen LogP contribution is 2.47. The molecule has 1 amide bonds. The van der Waals surface area contributed by atoms with Gasteiger partial charge >= 0.3 is 0 Å². The Morgan fingerprint density at radius 2 is 1.75 bits per heavy atom. The maximum atomic E-state index is 13.3. The van der Waals surface area contributed by atoms with Gasteiger partial charge in [-0.05, 0) is 55.0 Å². The van der Waals surface area contributed by atoms with E-state index in [0.717, 1.165) is 27.8 Å². The zero-order chi connectivity index (χ0) is 20.1. The van der Waals surface area contributed by atoms with E-state index in [4.69, 9.17) is 9.73 Å². The molecule has 0 aromatic heterocycles. The Kier molecular flexibility index (Phi) is 4.53. The average Bonchev–Trinajstić information content (AvgIpc) is 3.23. The van der Waals surface area contributed by atoms with Crippen LogP contribution in [0.2, 0.25) is 0 Å². The molecule has 1 heterocycles. The van der Waals surface area contributed by atoms with Gasteiger partial charge in [0.1, 0.15) is 6.61 Å². The molecule has 1 unspecified atom stereocenters. The van der Waals surface area contributed by atoms with Gasteiger partial charge in [-0.15, -0.1) is 0 Å². The summed E-state index contributed by atoms with van der Waals surface area (Å²) < 4.78 is 5.98. The molecular weight excluding hydrogens is 348 g/mol. The lowest BCUT2D eigenvalue weighted by atomic mass is 9.91. The predicted octanol–water partition coefficient (Wildman–Crippen LogP) is 4.52. The number of rotatable bonds is 3. The number of carbonyl (C=O) groups is 1. The molecule has 2 aromatic carbocycles. The molecule has 146 valence electrons. The van der Waals surface area contributed by atoms with Gasteiger partial charge in [-0.3, -0.25) is 4.79 Å². The van der Waals surface area contributed by atoms with Gasteiger partial charge in [0.05, 0.1) is 12.0 Å². The molecule has 0 spiro atoms. The Labute approximate surface area is 167 Å². The maximum absolute atomic E-state index is 13.3. The molecule has 2 atom stereocenters. The van der Waals surface area contributed by atoms with Crippen LogP contribution in [0.3, 0.4) is 0 Å². The van der Waals surface area contributed by atoms with E-state index < -0.39 is 0 Å². The Balaban J connectivity index is 1.85. The second kappa shape index (κ2) is 6.77. The van der Waals surface area contributed by atoms with E-state index >= 15 is 0 Å². The lowest BCUT2D eigenvalue weighted by Crippen LogP contribution is -2.43. The van der Waals surface area contributed by atoms with E-state index in [0.29, 0.717) is 18.4 Å². The van der Waals surface area contributed by atoms with Crippen LogP contribution in [0.25, 0.3) is 11.1 Å². The van der Waals surface area contributed by atoms with Crippen LogP contribution in [0.4, 0.5) is 0 Å². The summed E-state index contributed by atoms with van der Waals surface area (Å²) in [6.07, 6.45) is 0. The van der Waals surface area contributed by atoms with Crippen molar-refractivity contribution in [2.45, 2.75) is 52.1 Å². The number of benzene rings is 2. The van der Waals surface area contributed by atoms with Crippen molar-refractivity contribution < 1.29 is 9.53 Å². The Morgan fingerprint density at radius 1 is 1.07 bits per heavy atom. The summed E-state index contributed by atoms with van der Waals surface area (Å²) in [6.45, 7) is 10.9. The molecule has 0 fully saturated rings. The first-order valence-electron chi connectivity index (χ1n) is 10.0. The van der Waals surface area contributed by atoms with Gasteiger partial charge in [0.15, 0.2) is 0 Å². The second-order valence-electron chi connectivity index (χ2n) is 9.08. The van der Waals surface area contributed by atoms with Gasteiger partial charge in [0, 0.05) is 11.1 Å². The number of fused-ring (bicyclic) bond motifs is 3. The number of nitrogens with zero attached hydrogens (tertiary/aromatic N) is 1. The van der Waals surface area contributed by atoms with Crippen LogP contribution in [0.1, 0.15) is 57.2 Å². The van der Waals surface area contributed by atoms with Crippen molar-refractivity contribution in [3.05, 3.63) is 59.2 Å². The molecule has 0 saturated carbocycles. The molecule has 0 bridgehead atoms. The number of carbonyl (C=O) groups excluding carboxylic acids is 1. The SMILES string of the molecule is CC(C)[C@H]1COC(c2cccc3c2C(C(=O)NC(C)(C)C)c2ccccc2-3)=N1. The van der Waals surface area contributed by atoms with Crippen molar-refractivity contribution in [2.75, 3.05) is 6.61 Å². The van der Waals surface area contributed by atoms with Crippen LogP contribution in [-0.4, -0.2) is 30.0 Å². The fourth-order valence-corrected chi connectivity index (χ4v) is 4.04.